The zero-order valence-electron chi connectivity index (χ0n) is 8.21. The summed E-state index contributed by atoms with van der Waals surface area (Å²) in [6.07, 6.45) is 9.58. The van der Waals surface area contributed by atoms with Crippen LogP contribution in [0, 0.1) is 0 Å². The third-order valence-electron chi connectivity index (χ3n) is 1.97. The van der Waals surface area contributed by atoms with Crippen molar-refractivity contribution in [3.05, 3.63) is 23.8 Å². The second-order valence-electron chi connectivity index (χ2n) is 3.51. The van der Waals surface area contributed by atoms with E-state index >= 15 is 0 Å². The lowest BCUT2D eigenvalue weighted by Crippen LogP contribution is -2.16. The summed E-state index contributed by atoms with van der Waals surface area (Å²) >= 11 is 0. The first kappa shape index (κ1) is 9.53. The minimum atomic E-state index is 0.251. The summed E-state index contributed by atoms with van der Waals surface area (Å²) in [5, 5.41) is 0. The van der Waals surface area contributed by atoms with Gasteiger partial charge in [0.05, 0.1) is 12.2 Å². The van der Waals surface area contributed by atoms with Crippen LogP contribution < -0.4 is 0 Å². The average Bonchev–Trinajstić information content (AvgIpc) is 2.05. The Morgan fingerprint density at radius 1 is 1.25 bits per heavy atom. The van der Waals surface area contributed by atoms with Crippen molar-refractivity contribution in [3.8, 4) is 0 Å². The molecule has 1 heteroatoms. The fourth-order valence-electron chi connectivity index (χ4n) is 1.42. The zero-order chi connectivity index (χ0) is 8.97. The zero-order valence-corrected chi connectivity index (χ0v) is 8.21. The van der Waals surface area contributed by atoms with E-state index in [1.54, 1.807) is 0 Å². The van der Waals surface area contributed by atoms with E-state index in [1.165, 1.54) is 12.0 Å². The molecule has 0 radical (unpaired) electrons. The minimum absolute atomic E-state index is 0.251. The molecule has 0 bridgehead atoms. The molecule has 0 saturated heterocycles. The van der Waals surface area contributed by atoms with Crippen molar-refractivity contribution >= 4 is 0 Å². The Hall–Kier alpha value is -0.560. The van der Waals surface area contributed by atoms with Gasteiger partial charge in [0.2, 0.25) is 0 Å². The van der Waals surface area contributed by atoms with Crippen LogP contribution in [-0.2, 0) is 4.74 Å². The van der Waals surface area contributed by atoms with E-state index in [2.05, 4.69) is 39.0 Å². The monoisotopic (exact) mass is 166 g/mol. The molecule has 68 valence electrons. The smallest absolute Gasteiger partial charge is 0.0797 e. The Morgan fingerprint density at radius 2 is 2.00 bits per heavy atom. The number of ether oxygens (including phenoxy) is 1. The third-order valence-corrected chi connectivity index (χ3v) is 1.97. The van der Waals surface area contributed by atoms with E-state index in [0.29, 0.717) is 6.10 Å². The second kappa shape index (κ2) is 4.46. The number of allylic oxidation sites excluding steroid dienone is 2. The highest BCUT2D eigenvalue weighted by Crippen LogP contribution is 2.16. The second-order valence-corrected chi connectivity index (χ2v) is 3.51. The molecule has 0 aromatic heterocycles. The molecule has 12 heavy (non-hydrogen) atoms. The van der Waals surface area contributed by atoms with Crippen LogP contribution in [0.5, 0.6) is 0 Å². The lowest BCUT2D eigenvalue weighted by Gasteiger charge is -2.18. The van der Waals surface area contributed by atoms with Crippen LogP contribution in [0.1, 0.15) is 33.6 Å². The van der Waals surface area contributed by atoms with Crippen molar-refractivity contribution < 1.29 is 4.74 Å². The predicted octanol–water partition coefficient (Wildman–Crippen LogP) is 3.08. The summed E-state index contributed by atoms with van der Waals surface area (Å²) in [7, 11) is 0. The van der Waals surface area contributed by atoms with Gasteiger partial charge in [-0.25, -0.2) is 0 Å². The van der Waals surface area contributed by atoms with E-state index in [1.807, 2.05) is 0 Å². The highest BCUT2D eigenvalue weighted by molar-refractivity contribution is 5.25. The summed E-state index contributed by atoms with van der Waals surface area (Å²) in [5.74, 6) is 0. The maximum atomic E-state index is 5.67. The first-order chi connectivity index (χ1) is 5.70. The molecule has 0 saturated carbocycles. The van der Waals surface area contributed by atoms with Crippen LogP contribution in [0.4, 0.5) is 0 Å². The van der Waals surface area contributed by atoms with Crippen LogP contribution in [0.25, 0.3) is 0 Å². The summed E-state index contributed by atoms with van der Waals surface area (Å²) in [6.45, 7) is 6.26. The Labute approximate surface area is 75.1 Å². The quantitative estimate of drug-likeness (QED) is 0.626. The van der Waals surface area contributed by atoms with Crippen molar-refractivity contribution in [1.29, 1.82) is 0 Å². The van der Waals surface area contributed by atoms with Crippen LogP contribution >= 0.6 is 0 Å². The Kier molecular flexibility index (Phi) is 3.54. The molecule has 0 aliphatic heterocycles. The van der Waals surface area contributed by atoms with Gasteiger partial charge in [0.15, 0.2) is 0 Å². The first-order valence-corrected chi connectivity index (χ1v) is 4.72. The first-order valence-electron chi connectivity index (χ1n) is 4.72. The van der Waals surface area contributed by atoms with Gasteiger partial charge >= 0.3 is 0 Å². The molecule has 1 rings (SSSR count). The maximum absolute atomic E-state index is 5.67. The standard InChI is InChI=1S/C11H18O/c1-9(2)12-10(3)11-7-5-4-6-8-11/h5,7-10H,4,6H2,1-3H3. The van der Waals surface area contributed by atoms with E-state index in [4.69, 9.17) is 4.74 Å². The van der Waals surface area contributed by atoms with Crippen LogP contribution in [0.2, 0.25) is 0 Å². The molecule has 0 aromatic carbocycles. The topological polar surface area (TPSA) is 9.23 Å². The van der Waals surface area contributed by atoms with Gasteiger partial charge in [0.25, 0.3) is 0 Å². The molecular formula is C11H18O. The molecule has 0 aromatic rings. The van der Waals surface area contributed by atoms with Crippen LogP contribution in [0.3, 0.4) is 0 Å². The Bertz CT molecular complexity index is 189. The van der Waals surface area contributed by atoms with Gasteiger partial charge in [-0.15, -0.1) is 0 Å². The fraction of sp³-hybridized carbons (Fsp3) is 0.636. The lowest BCUT2D eigenvalue weighted by atomic mass is 10.0. The van der Waals surface area contributed by atoms with Gasteiger partial charge in [-0.05, 0) is 39.2 Å². The van der Waals surface area contributed by atoms with E-state index in [0.717, 1.165) is 6.42 Å². The molecule has 0 heterocycles. The predicted molar refractivity (Wildman–Crippen MR) is 52.1 cm³/mol. The molecule has 0 amide bonds. The SMILES string of the molecule is CC(C)OC(C)C1=CCCC=C1. The minimum Gasteiger partial charge on any atom is -0.371 e. The Balaban J connectivity index is 2.46. The van der Waals surface area contributed by atoms with Gasteiger partial charge in [0.1, 0.15) is 0 Å². The number of hydrogen-bond donors (Lipinski definition) is 0. The normalized spacial score (nSPS) is 19.5. The van der Waals surface area contributed by atoms with Crippen molar-refractivity contribution in [2.24, 2.45) is 0 Å². The van der Waals surface area contributed by atoms with Gasteiger partial charge < -0.3 is 4.74 Å². The van der Waals surface area contributed by atoms with Gasteiger partial charge in [-0.3, -0.25) is 0 Å². The molecule has 1 atom stereocenters. The van der Waals surface area contributed by atoms with Gasteiger partial charge in [-0.2, -0.15) is 0 Å². The van der Waals surface area contributed by atoms with Gasteiger partial charge in [0, 0.05) is 0 Å². The molecule has 0 spiro atoms. The highest BCUT2D eigenvalue weighted by atomic mass is 16.5. The molecule has 1 nitrogen and oxygen atoms in total. The summed E-state index contributed by atoms with van der Waals surface area (Å²) in [6, 6.07) is 0. The van der Waals surface area contributed by atoms with Crippen LogP contribution in [0.15, 0.2) is 23.8 Å². The average molecular weight is 166 g/mol. The summed E-state index contributed by atoms with van der Waals surface area (Å²) in [4.78, 5) is 0. The largest absolute Gasteiger partial charge is 0.371 e. The van der Waals surface area contributed by atoms with Crippen molar-refractivity contribution in [2.75, 3.05) is 0 Å². The third kappa shape index (κ3) is 2.82. The lowest BCUT2D eigenvalue weighted by molar-refractivity contribution is 0.0412. The maximum Gasteiger partial charge on any atom is 0.0797 e. The number of hydrogen-bond acceptors (Lipinski definition) is 1. The van der Waals surface area contributed by atoms with Gasteiger partial charge in [-0.1, -0.05) is 18.2 Å². The van der Waals surface area contributed by atoms with Crippen molar-refractivity contribution in [1.82, 2.24) is 0 Å². The highest BCUT2D eigenvalue weighted by Gasteiger charge is 2.09. The van der Waals surface area contributed by atoms with E-state index < -0.39 is 0 Å². The summed E-state index contributed by atoms with van der Waals surface area (Å²) in [5.41, 5.74) is 1.33. The van der Waals surface area contributed by atoms with E-state index in [-0.39, 0.29) is 6.10 Å². The molecular weight excluding hydrogens is 148 g/mol. The summed E-state index contributed by atoms with van der Waals surface area (Å²) < 4.78 is 5.67. The molecule has 1 aliphatic rings. The fourth-order valence-corrected chi connectivity index (χ4v) is 1.42. The van der Waals surface area contributed by atoms with Crippen molar-refractivity contribution in [2.45, 2.75) is 45.8 Å². The molecule has 0 fully saturated rings. The molecule has 1 aliphatic carbocycles. The Morgan fingerprint density at radius 3 is 2.50 bits per heavy atom. The number of rotatable bonds is 3. The molecule has 1 unspecified atom stereocenters. The van der Waals surface area contributed by atoms with Crippen molar-refractivity contribution in [3.63, 3.8) is 0 Å². The van der Waals surface area contributed by atoms with E-state index in [9.17, 15) is 0 Å². The van der Waals surface area contributed by atoms with Crippen LogP contribution in [-0.4, -0.2) is 12.2 Å². The molecule has 0 N–H and O–H groups in total.